The molecular weight excluding hydrogens is 1080 g/mol. The Balaban J connectivity index is 4.20. The second-order valence-corrected chi connectivity index (χ2v) is 23.7. The van der Waals surface area contributed by atoms with Gasteiger partial charge in [0.2, 0.25) is 0 Å². The van der Waals surface area contributed by atoms with E-state index >= 15 is 0 Å². The normalized spacial score (nSPS) is 13.7. The summed E-state index contributed by atoms with van der Waals surface area (Å²) in [7, 11) is 5.91. The highest BCUT2D eigenvalue weighted by atomic mass is 16.7. The van der Waals surface area contributed by atoms with E-state index in [2.05, 4.69) is 172 Å². The first kappa shape index (κ1) is 81.9. The van der Waals surface area contributed by atoms with E-state index in [4.69, 9.17) is 18.9 Å². The minimum atomic E-state index is -1.64. The molecule has 0 N–H and O–H groups in total. The fourth-order valence-corrected chi connectivity index (χ4v) is 9.05. The Morgan fingerprint density at radius 2 is 0.621 bits per heavy atom. The Morgan fingerprint density at radius 1 is 0.345 bits per heavy atom. The predicted octanol–water partition coefficient (Wildman–Crippen LogP) is 20.4. The molecule has 0 aromatic carbocycles. The van der Waals surface area contributed by atoms with Crippen LogP contribution >= 0.6 is 0 Å². The largest absolute Gasteiger partial charge is 0.545 e. The number of hydrogen-bond acceptors (Lipinski definition) is 8. The van der Waals surface area contributed by atoms with E-state index < -0.39 is 24.3 Å². The van der Waals surface area contributed by atoms with Crippen LogP contribution in [0, 0.1) is 0 Å². The van der Waals surface area contributed by atoms with E-state index in [0.717, 1.165) is 128 Å². The van der Waals surface area contributed by atoms with Crippen LogP contribution in [-0.2, 0) is 33.3 Å². The van der Waals surface area contributed by atoms with Gasteiger partial charge in [-0.25, -0.2) is 0 Å². The summed E-state index contributed by atoms with van der Waals surface area (Å²) in [5, 5.41) is 11.8. The van der Waals surface area contributed by atoms with Gasteiger partial charge in [0, 0.05) is 12.8 Å². The SMILES string of the molecule is CC/C=C\C/C=C\C/C=C\C/C=C\C/C=C\C/C=C\C/C=C\C/C=C\CCCCCCC(=O)OC(COC(=O)CCCCCCCCCCCCCCCCCCC/C=C\C/C=C\C/C=C\C/C=C\C/C=C\CC)COC(OCC[N+](C)(C)C)C(=O)[O-]. The average molecular weight is 1210 g/mol. The van der Waals surface area contributed by atoms with Crippen molar-refractivity contribution in [1.82, 2.24) is 0 Å². The lowest BCUT2D eigenvalue weighted by Crippen LogP contribution is -2.44. The lowest BCUT2D eigenvalue weighted by Gasteiger charge is -2.26. The number of hydrogen-bond donors (Lipinski definition) is 0. The number of aliphatic carboxylic acids is 1. The molecule has 492 valence electrons. The minimum absolute atomic E-state index is 0.135. The van der Waals surface area contributed by atoms with Crippen LogP contribution in [0.4, 0.5) is 0 Å². The zero-order valence-corrected chi connectivity index (χ0v) is 56.1. The lowest BCUT2D eigenvalue weighted by atomic mass is 10.0. The predicted molar refractivity (Wildman–Crippen MR) is 370 cm³/mol. The van der Waals surface area contributed by atoms with E-state index in [1.165, 1.54) is 96.3 Å². The maximum atomic E-state index is 12.9. The fourth-order valence-electron chi connectivity index (χ4n) is 9.05. The monoisotopic (exact) mass is 1210 g/mol. The van der Waals surface area contributed by atoms with Crippen molar-refractivity contribution in [2.75, 3.05) is 47.5 Å². The molecule has 2 atom stereocenters. The molecule has 87 heavy (non-hydrogen) atoms. The van der Waals surface area contributed by atoms with Gasteiger partial charge in [0.25, 0.3) is 0 Å². The second-order valence-electron chi connectivity index (χ2n) is 23.7. The molecule has 0 amide bonds. The quantitative estimate of drug-likeness (QED) is 0.0195. The van der Waals surface area contributed by atoms with Gasteiger partial charge >= 0.3 is 11.9 Å². The number of esters is 2. The van der Waals surface area contributed by atoms with E-state index in [-0.39, 0.29) is 38.6 Å². The van der Waals surface area contributed by atoms with Crippen molar-refractivity contribution in [3.8, 4) is 0 Å². The molecule has 0 bridgehead atoms. The molecule has 0 heterocycles. The van der Waals surface area contributed by atoms with Crippen LogP contribution in [0.25, 0.3) is 0 Å². The van der Waals surface area contributed by atoms with Gasteiger partial charge in [-0.15, -0.1) is 0 Å². The highest BCUT2D eigenvalue weighted by Gasteiger charge is 2.22. The number of carbonyl (C=O) groups is 3. The second kappa shape index (κ2) is 66.9. The number of ether oxygens (including phenoxy) is 4. The van der Waals surface area contributed by atoms with E-state index in [1.54, 1.807) is 0 Å². The third-order valence-corrected chi connectivity index (χ3v) is 14.3. The van der Waals surface area contributed by atoms with Gasteiger partial charge in [0.05, 0.1) is 40.3 Å². The molecule has 0 radical (unpaired) electrons. The first-order chi connectivity index (χ1) is 42.6. The van der Waals surface area contributed by atoms with Crippen LogP contribution in [-0.4, -0.2) is 82.3 Å². The number of quaternary nitrogens is 1. The maximum absolute atomic E-state index is 12.9. The van der Waals surface area contributed by atoms with Crippen molar-refractivity contribution in [2.45, 2.75) is 270 Å². The van der Waals surface area contributed by atoms with E-state index in [9.17, 15) is 19.5 Å². The Bertz CT molecular complexity index is 1990. The topological polar surface area (TPSA) is 111 Å². The molecule has 0 rings (SSSR count). The van der Waals surface area contributed by atoms with Gasteiger partial charge in [-0.3, -0.25) is 9.59 Å². The van der Waals surface area contributed by atoms with Gasteiger partial charge < -0.3 is 33.3 Å². The third-order valence-electron chi connectivity index (χ3n) is 14.3. The summed E-state index contributed by atoms with van der Waals surface area (Å²) < 4.78 is 22.8. The Kier molecular flexibility index (Phi) is 62.9. The molecule has 9 heteroatoms. The van der Waals surface area contributed by atoms with Crippen LogP contribution in [0.15, 0.2) is 158 Å². The lowest BCUT2D eigenvalue weighted by molar-refractivity contribution is -0.870. The minimum Gasteiger partial charge on any atom is -0.545 e. The number of likely N-dealkylation sites (N-methyl/N-ethyl adjacent to an activating group) is 1. The number of carbonyl (C=O) groups excluding carboxylic acids is 3. The third kappa shape index (κ3) is 68.3. The number of carboxylic acids is 1. The van der Waals surface area contributed by atoms with Crippen molar-refractivity contribution < 1.29 is 42.9 Å². The zero-order chi connectivity index (χ0) is 63.3. The number of rotatable bonds is 62. The maximum Gasteiger partial charge on any atom is 0.306 e. The molecule has 0 spiro atoms. The van der Waals surface area contributed by atoms with Gasteiger partial charge in [-0.2, -0.15) is 0 Å². The smallest absolute Gasteiger partial charge is 0.306 e. The van der Waals surface area contributed by atoms with Gasteiger partial charge in [0.15, 0.2) is 12.4 Å². The average Bonchev–Trinajstić information content (AvgIpc) is 3.57. The van der Waals surface area contributed by atoms with Crippen LogP contribution in [0.1, 0.15) is 258 Å². The van der Waals surface area contributed by atoms with E-state index in [1.807, 2.05) is 21.1 Å². The molecule has 0 aromatic rings. The van der Waals surface area contributed by atoms with Crippen LogP contribution in [0.2, 0.25) is 0 Å². The summed E-state index contributed by atoms with van der Waals surface area (Å²) in [5.74, 6) is -2.33. The first-order valence-corrected chi connectivity index (χ1v) is 34.6. The van der Waals surface area contributed by atoms with Crippen molar-refractivity contribution >= 4 is 17.9 Å². The molecule has 0 aromatic heterocycles. The number of unbranched alkanes of at least 4 members (excludes halogenated alkanes) is 21. The van der Waals surface area contributed by atoms with Crippen molar-refractivity contribution in [1.29, 1.82) is 0 Å². The standard InChI is InChI=1S/C78H127NO8/c1-6-8-10-12-14-16-18-20-22-24-26-28-30-32-34-36-37-38-39-41-42-44-46-48-50-52-54-56-58-60-62-64-66-68-75(80)85-72-74(73-86-78(77(82)83)84-71-70-79(3,4)5)87-76(81)69-67-65-63-61-59-57-55-53-51-49-47-45-43-40-35-33-31-29-27-25-23-21-19-17-15-13-11-9-7-2/h8-11,14-17,20-23,26-29,32-35,43,45,49,51,55,57,74,78H,6-7,12-13,18-19,24-25,30-31,36-42,44,46-48,50,52-54,56,58-73H2,1-5H3/b10-8-,11-9-,16-14-,17-15-,22-20-,23-21-,28-26-,29-27-,34-32-,35-33-,45-43-,51-49-,57-55-. The van der Waals surface area contributed by atoms with Crippen LogP contribution < -0.4 is 5.11 Å². The summed E-state index contributed by atoms with van der Waals surface area (Å²) in [6.45, 7) is 4.48. The Hall–Kier alpha value is -5.09. The summed E-state index contributed by atoms with van der Waals surface area (Å²) in [5.41, 5.74) is 0. The highest BCUT2D eigenvalue weighted by Crippen LogP contribution is 2.16. The number of carboxylic acid groups (broad SMARTS) is 1. The molecule has 0 fully saturated rings. The van der Waals surface area contributed by atoms with Gasteiger partial charge in [0.1, 0.15) is 13.2 Å². The van der Waals surface area contributed by atoms with Crippen molar-refractivity contribution in [3.63, 3.8) is 0 Å². The Morgan fingerprint density at radius 3 is 0.920 bits per heavy atom. The molecule has 0 saturated carbocycles. The molecule has 9 nitrogen and oxygen atoms in total. The first-order valence-electron chi connectivity index (χ1n) is 34.6. The summed E-state index contributed by atoms with van der Waals surface area (Å²) in [6, 6.07) is 0. The summed E-state index contributed by atoms with van der Waals surface area (Å²) in [6.07, 6.45) is 96.0. The summed E-state index contributed by atoms with van der Waals surface area (Å²) >= 11 is 0. The molecular formula is C78H127NO8. The molecule has 0 aliphatic carbocycles. The summed E-state index contributed by atoms with van der Waals surface area (Å²) in [4.78, 5) is 37.5. The van der Waals surface area contributed by atoms with Crippen LogP contribution in [0.3, 0.4) is 0 Å². The fraction of sp³-hybridized carbons (Fsp3) is 0.628. The Labute approximate surface area is 534 Å². The molecule has 2 unspecified atom stereocenters. The van der Waals surface area contributed by atoms with E-state index in [0.29, 0.717) is 17.4 Å². The van der Waals surface area contributed by atoms with Gasteiger partial charge in [-0.05, 0) is 122 Å². The number of allylic oxidation sites excluding steroid dienone is 26. The van der Waals surface area contributed by atoms with Crippen LogP contribution in [0.5, 0.6) is 0 Å². The van der Waals surface area contributed by atoms with Crippen molar-refractivity contribution in [3.05, 3.63) is 158 Å². The molecule has 0 aliphatic heterocycles. The van der Waals surface area contributed by atoms with Crippen molar-refractivity contribution in [2.24, 2.45) is 0 Å². The number of nitrogens with zero attached hydrogens (tertiary/aromatic N) is 1. The highest BCUT2D eigenvalue weighted by molar-refractivity contribution is 5.70. The zero-order valence-electron chi connectivity index (χ0n) is 56.1. The molecule has 0 saturated heterocycles. The molecule has 0 aliphatic rings. The van der Waals surface area contributed by atoms with Gasteiger partial charge in [-0.1, -0.05) is 281 Å².